The summed E-state index contributed by atoms with van der Waals surface area (Å²) in [6.45, 7) is 4.12. The van der Waals surface area contributed by atoms with Crippen LogP contribution in [0, 0.1) is 5.82 Å². The summed E-state index contributed by atoms with van der Waals surface area (Å²) in [5, 5.41) is 0. The Morgan fingerprint density at radius 2 is 1.91 bits per heavy atom. The number of carbonyl (C=O) groups is 1. The van der Waals surface area contributed by atoms with Gasteiger partial charge in [0.1, 0.15) is 18.2 Å². The average Bonchev–Trinajstić information content (AvgIpc) is 2.54. The maximum Gasteiger partial charge on any atom is 0.338 e. The van der Waals surface area contributed by atoms with Crippen LogP contribution in [0.15, 0.2) is 48.5 Å². The van der Waals surface area contributed by atoms with Crippen LogP contribution < -0.4 is 4.74 Å². The Bertz CT molecular complexity index is 622. The zero-order chi connectivity index (χ0) is 15.9. The van der Waals surface area contributed by atoms with Gasteiger partial charge in [-0.3, -0.25) is 0 Å². The number of carbonyl (C=O) groups excluding carboxylic acids is 1. The molecule has 0 bridgehead atoms. The number of ether oxygens (including phenoxy) is 2. The van der Waals surface area contributed by atoms with Crippen LogP contribution in [0.1, 0.15) is 36.2 Å². The van der Waals surface area contributed by atoms with Gasteiger partial charge in [0.15, 0.2) is 0 Å². The Labute approximate surface area is 129 Å². The van der Waals surface area contributed by atoms with Gasteiger partial charge in [-0.15, -0.1) is 0 Å². The molecule has 0 saturated heterocycles. The predicted molar refractivity (Wildman–Crippen MR) is 82.3 cm³/mol. The molecule has 0 aromatic heterocycles. The standard InChI is InChI=1S/C18H19FO3/c1-3-13(2)22-18(20)15-5-4-6-17(11-15)21-12-14-7-9-16(19)10-8-14/h4-11,13H,3,12H2,1-2H3. The topological polar surface area (TPSA) is 35.5 Å². The Balaban J connectivity index is 1.99. The fraction of sp³-hybridized carbons (Fsp3) is 0.278. The molecule has 0 radical (unpaired) electrons. The van der Waals surface area contributed by atoms with Crippen molar-refractivity contribution in [2.24, 2.45) is 0 Å². The van der Waals surface area contributed by atoms with E-state index in [2.05, 4.69) is 0 Å². The molecule has 0 fully saturated rings. The SMILES string of the molecule is CCC(C)OC(=O)c1cccc(OCc2ccc(F)cc2)c1. The van der Waals surface area contributed by atoms with Crippen LogP contribution in [0.5, 0.6) is 5.75 Å². The summed E-state index contributed by atoms with van der Waals surface area (Å²) in [5.41, 5.74) is 1.31. The van der Waals surface area contributed by atoms with Crippen molar-refractivity contribution in [3.8, 4) is 5.75 Å². The third-order valence-electron chi connectivity index (χ3n) is 3.27. The van der Waals surface area contributed by atoms with Crippen molar-refractivity contribution in [3.05, 3.63) is 65.5 Å². The maximum absolute atomic E-state index is 12.8. The lowest BCUT2D eigenvalue weighted by Crippen LogP contribution is -2.14. The van der Waals surface area contributed by atoms with E-state index in [1.807, 2.05) is 13.8 Å². The molecule has 1 atom stereocenters. The van der Waals surface area contributed by atoms with Gasteiger partial charge in [0.25, 0.3) is 0 Å². The van der Waals surface area contributed by atoms with E-state index in [0.717, 1.165) is 12.0 Å². The Morgan fingerprint density at radius 1 is 1.18 bits per heavy atom. The molecule has 0 N–H and O–H groups in total. The molecule has 22 heavy (non-hydrogen) atoms. The summed E-state index contributed by atoms with van der Waals surface area (Å²) in [5.74, 6) is -0.0666. The number of esters is 1. The summed E-state index contributed by atoms with van der Waals surface area (Å²) in [6, 6.07) is 12.9. The van der Waals surface area contributed by atoms with E-state index in [1.165, 1.54) is 12.1 Å². The molecule has 2 aromatic carbocycles. The van der Waals surface area contributed by atoms with Crippen molar-refractivity contribution in [1.82, 2.24) is 0 Å². The van der Waals surface area contributed by atoms with Gasteiger partial charge in [0, 0.05) is 0 Å². The number of hydrogen-bond acceptors (Lipinski definition) is 3. The van der Waals surface area contributed by atoms with Gasteiger partial charge in [0.2, 0.25) is 0 Å². The predicted octanol–water partition coefficient (Wildman–Crippen LogP) is 4.36. The first-order valence-electron chi connectivity index (χ1n) is 7.26. The average molecular weight is 302 g/mol. The largest absolute Gasteiger partial charge is 0.489 e. The van der Waals surface area contributed by atoms with Crippen LogP contribution in [0.4, 0.5) is 4.39 Å². The van der Waals surface area contributed by atoms with Crippen LogP contribution in [0.25, 0.3) is 0 Å². The van der Waals surface area contributed by atoms with E-state index in [0.29, 0.717) is 17.9 Å². The lowest BCUT2D eigenvalue weighted by Gasteiger charge is -2.12. The van der Waals surface area contributed by atoms with Crippen LogP contribution >= 0.6 is 0 Å². The van der Waals surface area contributed by atoms with E-state index in [4.69, 9.17) is 9.47 Å². The van der Waals surface area contributed by atoms with Crippen LogP contribution in [0.2, 0.25) is 0 Å². The van der Waals surface area contributed by atoms with Gasteiger partial charge in [-0.05, 0) is 49.2 Å². The first kappa shape index (κ1) is 16.0. The summed E-state index contributed by atoms with van der Waals surface area (Å²) in [4.78, 5) is 12.0. The first-order valence-corrected chi connectivity index (χ1v) is 7.26. The second-order valence-corrected chi connectivity index (χ2v) is 5.07. The molecule has 2 rings (SSSR count). The third-order valence-corrected chi connectivity index (χ3v) is 3.27. The summed E-state index contributed by atoms with van der Waals surface area (Å²) in [7, 11) is 0. The quantitative estimate of drug-likeness (QED) is 0.744. The number of rotatable bonds is 6. The molecule has 4 heteroatoms. The molecule has 0 aliphatic rings. The van der Waals surface area contributed by atoms with Gasteiger partial charge in [-0.25, -0.2) is 9.18 Å². The van der Waals surface area contributed by atoms with Gasteiger partial charge in [-0.1, -0.05) is 25.1 Å². The van der Waals surface area contributed by atoms with Crippen LogP contribution in [0.3, 0.4) is 0 Å². The molecule has 0 amide bonds. The van der Waals surface area contributed by atoms with E-state index >= 15 is 0 Å². The van der Waals surface area contributed by atoms with Crippen LogP contribution in [-0.2, 0) is 11.3 Å². The van der Waals surface area contributed by atoms with Crippen molar-refractivity contribution in [3.63, 3.8) is 0 Å². The lowest BCUT2D eigenvalue weighted by atomic mass is 10.2. The Kier molecular flexibility index (Phi) is 5.53. The van der Waals surface area contributed by atoms with Gasteiger partial charge in [-0.2, -0.15) is 0 Å². The minimum Gasteiger partial charge on any atom is -0.489 e. The number of hydrogen-bond donors (Lipinski definition) is 0. The normalized spacial score (nSPS) is 11.8. The lowest BCUT2D eigenvalue weighted by molar-refractivity contribution is 0.0334. The summed E-state index contributed by atoms with van der Waals surface area (Å²) in [6.07, 6.45) is 0.656. The zero-order valence-electron chi connectivity index (χ0n) is 12.7. The Hall–Kier alpha value is -2.36. The maximum atomic E-state index is 12.8. The fourth-order valence-electron chi connectivity index (χ4n) is 1.79. The summed E-state index contributed by atoms with van der Waals surface area (Å²) < 4.78 is 23.7. The van der Waals surface area contributed by atoms with Crippen molar-refractivity contribution in [1.29, 1.82) is 0 Å². The highest BCUT2D eigenvalue weighted by Crippen LogP contribution is 2.17. The minimum atomic E-state index is -0.360. The molecule has 0 heterocycles. The highest BCUT2D eigenvalue weighted by molar-refractivity contribution is 5.89. The number of halogens is 1. The Morgan fingerprint density at radius 3 is 2.59 bits per heavy atom. The highest BCUT2D eigenvalue weighted by atomic mass is 19.1. The zero-order valence-corrected chi connectivity index (χ0v) is 12.7. The minimum absolute atomic E-state index is 0.115. The van der Waals surface area contributed by atoms with Crippen molar-refractivity contribution < 1.29 is 18.7 Å². The molecule has 116 valence electrons. The third kappa shape index (κ3) is 4.58. The molecule has 0 saturated carbocycles. The molecular weight excluding hydrogens is 283 g/mol. The molecule has 1 unspecified atom stereocenters. The molecular formula is C18H19FO3. The van der Waals surface area contributed by atoms with Gasteiger partial charge in [0.05, 0.1) is 11.7 Å². The monoisotopic (exact) mass is 302 g/mol. The van der Waals surface area contributed by atoms with E-state index < -0.39 is 0 Å². The van der Waals surface area contributed by atoms with E-state index in [-0.39, 0.29) is 17.9 Å². The van der Waals surface area contributed by atoms with Gasteiger partial charge >= 0.3 is 5.97 Å². The van der Waals surface area contributed by atoms with Crippen molar-refractivity contribution in [2.45, 2.75) is 33.0 Å². The number of benzene rings is 2. The highest BCUT2D eigenvalue weighted by Gasteiger charge is 2.11. The van der Waals surface area contributed by atoms with E-state index in [9.17, 15) is 9.18 Å². The molecule has 0 aliphatic heterocycles. The molecule has 0 aliphatic carbocycles. The van der Waals surface area contributed by atoms with Crippen molar-refractivity contribution >= 4 is 5.97 Å². The van der Waals surface area contributed by atoms with E-state index in [1.54, 1.807) is 36.4 Å². The fourth-order valence-corrected chi connectivity index (χ4v) is 1.79. The second kappa shape index (κ2) is 7.59. The summed E-state index contributed by atoms with van der Waals surface area (Å²) >= 11 is 0. The smallest absolute Gasteiger partial charge is 0.338 e. The second-order valence-electron chi connectivity index (χ2n) is 5.07. The molecule has 2 aromatic rings. The van der Waals surface area contributed by atoms with Crippen molar-refractivity contribution in [2.75, 3.05) is 0 Å². The van der Waals surface area contributed by atoms with Crippen LogP contribution in [-0.4, -0.2) is 12.1 Å². The first-order chi connectivity index (χ1) is 10.6. The molecule has 0 spiro atoms. The molecule has 3 nitrogen and oxygen atoms in total. The van der Waals surface area contributed by atoms with Gasteiger partial charge < -0.3 is 9.47 Å².